The van der Waals surface area contributed by atoms with Crippen molar-refractivity contribution >= 4 is 11.8 Å². The molecule has 144 valence electrons. The van der Waals surface area contributed by atoms with Gasteiger partial charge in [0.25, 0.3) is 0 Å². The van der Waals surface area contributed by atoms with Crippen LogP contribution in [0, 0.1) is 5.41 Å². The Morgan fingerprint density at radius 3 is 2.65 bits per heavy atom. The fraction of sp³-hybridized carbons (Fsp3) is 0.600. The van der Waals surface area contributed by atoms with Crippen molar-refractivity contribution in [1.82, 2.24) is 9.80 Å². The highest BCUT2D eigenvalue weighted by Crippen LogP contribution is 2.19. The molecular formula is C20H30N2O4. The number of rotatable bonds is 8. The lowest BCUT2D eigenvalue weighted by Crippen LogP contribution is -2.47. The molecule has 0 spiro atoms. The van der Waals surface area contributed by atoms with Crippen LogP contribution in [0.2, 0.25) is 0 Å². The van der Waals surface area contributed by atoms with E-state index in [1.165, 1.54) is 0 Å². The predicted octanol–water partition coefficient (Wildman–Crippen LogP) is 2.85. The molecular weight excluding hydrogens is 332 g/mol. The zero-order chi connectivity index (χ0) is 19.2. The van der Waals surface area contributed by atoms with Gasteiger partial charge in [-0.2, -0.15) is 0 Å². The van der Waals surface area contributed by atoms with E-state index in [9.17, 15) is 9.59 Å². The summed E-state index contributed by atoms with van der Waals surface area (Å²) in [5.41, 5.74) is -0.552. The van der Waals surface area contributed by atoms with Crippen LogP contribution in [0.3, 0.4) is 0 Å². The molecule has 6 heteroatoms. The molecule has 26 heavy (non-hydrogen) atoms. The molecule has 2 rings (SSSR count). The number of hydrogen-bond acceptors (Lipinski definition) is 4. The van der Waals surface area contributed by atoms with Crippen LogP contribution in [-0.4, -0.2) is 54.0 Å². The molecule has 0 unspecified atom stereocenters. The molecule has 1 aromatic heterocycles. The minimum Gasteiger partial charge on any atom is -0.467 e. The Kier molecular flexibility index (Phi) is 7.03. The summed E-state index contributed by atoms with van der Waals surface area (Å²) in [6.07, 6.45) is 5.24. The molecule has 0 aliphatic carbocycles. The van der Waals surface area contributed by atoms with Gasteiger partial charge in [0.2, 0.25) is 11.8 Å². The number of hydrogen-bond donors (Lipinski definition) is 0. The molecule has 0 saturated carbocycles. The van der Waals surface area contributed by atoms with Crippen molar-refractivity contribution in [2.75, 3.05) is 26.2 Å². The van der Waals surface area contributed by atoms with Gasteiger partial charge in [0.15, 0.2) is 0 Å². The lowest BCUT2D eigenvalue weighted by Gasteiger charge is -2.31. The molecule has 0 radical (unpaired) electrons. The van der Waals surface area contributed by atoms with E-state index in [1.807, 2.05) is 26.8 Å². The Bertz CT molecular complexity index is 598. The third-order valence-corrected chi connectivity index (χ3v) is 4.33. The third kappa shape index (κ3) is 5.73. The van der Waals surface area contributed by atoms with Gasteiger partial charge in [-0.3, -0.25) is 9.59 Å². The van der Waals surface area contributed by atoms with Crippen LogP contribution in [0.4, 0.5) is 0 Å². The van der Waals surface area contributed by atoms with Gasteiger partial charge in [0, 0.05) is 25.1 Å². The highest BCUT2D eigenvalue weighted by atomic mass is 16.5. The molecule has 1 atom stereocenters. The Balaban J connectivity index is 2.09. The summed E-state index contributed by atoms with van der Waals surface area (Å²) in [5, 5.41) is 0. The molecule has 2 heterocycles. The maximum Gasteiger partial charge on any atom is 0.242 e. The minimum absolute atomic E-state index is 0.0234. The minimum atomic E-state index is -0.552. The van der Waals surface area contributed by atoms with Gasteiger partial charge in [-0.1, -0.05) is 26.8 Å². The number of carbonyl (C=O) groups is 2. The van der Waals surface area contributed by atoms with Crippen LogP contribution in [0.1, 0.15) is 39.4 Å². The topological polar surface area (TPSA) is 63.0 Å². The Labute approximate surface area is 155 Å². The van der Waals surface area contributed by atoms with Gasteiger partial charge in [0.05, 0.1) is 18.9 Å². The summed E-state index contributed by atoms with van der Waals surface area (Å²) in [4.78, 5) is 28.9. The molecule has 0 bridgehead atoms. The van der Waals surface area contributed by atoms with E-state index >= 15 is 0 Å². The average Bonchev–Trinajstić information content (AvgIpc) is 3.26. The maximum absolute atomic E-state index is 13.0. The van der Waals surface area contributed by atoms with Crippen molar-refractivity contribution in [3.8, 4) is 0 Å². The fourth-order valence-electron chi connectivity index (χ4n) is 2.99. The molecule has 1 saturated heterocycles. The summed E-state index contributed by atoms with van der Waals surface area (Å²) in [6.45, 7) is 11.2. The number of ether oxygens (including phenoxy) is 1. The summed E-state index contributed by atoms with van der Waals surface area (Å²) >= 11 is 0. The van der Waals surface area contributed by atoms with Crippen LogP contribution >= 0.6 is 0 Å². The second-order valence-corrected chi connectivity index (χ2v) is 7.71. The number of nitrogens with zero attached hydrogens (tertiary/aromatic N) is 2. The SMILES string of the molecule is C=CCN(CC(=O)N(Cc1ccco1)C[C@@H]1CCCO1)C(=O)C(C)(C)C. The first-order valence-electron chi connectivity index (χ1n) is 9.13. The van der Waals surface area contributed by atoms with E-state index < -0.39 is 5.41 Å². The molecule has 6 nitrogen and oxygen atoms in total. The second-order valence-electron chi connectivity index (χ2n) is 7.71. The van der Waals surface area contributed by atoms with E-state index in [4.69, 9.17) is 9.15 Å². The highest BCUT2D eigenvalue weighted by Gasteiger charge is 2.30. The van der Waals surface area contributed by atoms with Crippen LogP contribution in [-0.2, 0) is 20.9 Å². The second kappa shape index (κ2) is 9.03. The average molecular weight is 362 g/mol. The van der Waals surface area contributed by atoms with E-state index in [1.54, 1.807) is 28.2 Å². The van der Waals surface area contributed by atoms with Crippen molar-refractivity contribution < 1.29 is 18.7 Å². The Morgan fingerprint density at radius 2 is 2.12 bits per heavy atom. The Hall–Kier alpha value is -2.08. The van der Waals surface area contributed by atoms with Gasteiger partial charge < -0.3 is 19.0 Å². The zero-order valence-electron chi connectivity index (χ0n) is 16.1. The smallest absolute Gasteiger partial charge is 0.242 e. The van der Waals surface area contributed by atoms with Crippen LogP contribution in [0.25, 0.3) is 0 Å². The van der Waals surface area contributed by atoms with E-state index in [0.717, 1.165) is 19.4 Å². The van der Waals surface area contributed by atoms with Gasteiger partial charge in [-0.05, 0) is 25.0 Å². The fourth-order valence-corrected chi connectivity index (χ4v) is 2.99. The first-order chi connectivity index (χ1) is 12.3. The lowest BCUT2D eigenvalue weighted by atomic mass is 9.94. The maximum atomic E-state index is 13.0. The first-order valence-corrected chi connectivity index (χ1v) is 9.13. The normalized spacial score (nSPS) is 17.1. The predicted molar refractivity (Wildman–Crippen MR) is 99.3 cm³/mol. The van der Waals surface area contributed by atoms with E-state index in [-0.39, 0.29) is 24.5 Å². The number of carbonyl (C=O) groups excluding carboxylic acids is 2. The quantitative estimate of drug-likeness (QED) is 0.667. The molecule has 1 aromatic rings. The molecule has 1 aliphatic heterocycles. The van der Waals surface area contributed by atoms with Gasteiger partial charge >= 0.3 is 0 Å². The summed E-state index contributed by atoms with van der Waals surface area (Å²) in [5.74, 6) is 0.533. The largest absolute Gasteiger partial charge is 0.467 e. The van der Waals surface area contributed by atoms with Crippen LogP contribution < -0.4 is 0 Å². The number of furan rings is 1. The van der Waals surface area contributed by atoms with Crippen molar-refractivity contribution in [2.24, 2.45) is 5.41 Å². The zero-order valence-corrected chi connectivity index (χ0v) is 16.1. The van der Waals surface area contributed by atoms with Gasteiger partial charge in [-0.15, -0.1) is 6.58 Å². The first kappa shape index (κ1) is 20.2. The molecule has 0 aromatic carbocycles. The van der Waals surface area contributed by atoms with Crippen LogP contribution in [0.15, 0.2) is 35.5 Å². The van der Waals surface area contributed by atoms with Crippen molar-refractivity contribution in [3.63, 3.8) is 0 Å². The molecule has 1 aliphatic rings. The van der Waals surface area contributed by atoms with Gasteiger partial charge in [0.1, 0.15) is 12.3 Å². The molecule has 2 amide bonds. The number of amides is 2. The monoisotopic (exact) mass is 362 g/mol. The molecule has 1 fully saturated rings. The highest BCUT2D eigenvalue weighted by molar-refractivity contribution is 5.87. The standard InChI is InChI=1S/C20H30N2O4/c1-5-10-21(19(24)20(2,3)4)15-18(23)22(13-16-8-6-11-25-16)14-17-9-7-12-26-17/h5-6,8,11,17H,1,7,9-10,12-15H2,2-4H3/t17-/m0/s1. The molecule has 0 N–H and O–H groups in total. The van der Waals surface area contributed by atoms with Crippen molar-refractivity contribution in [2.45, 2.75) is 46.3 Å². The summed E-state index contributed by atoms with van der Waals surface area (Å²) < 4.78 is 11.1. The summed E-state index contributed by atoms with van der Waals surface area (Å²) in [7, 11) is 0. The van der Waals surface area contributed by atoms with E-state index in [0.29, 0.717) is 25.4 Å². The third-order valence-electron chi connectivity index (χ3n) is 4.33. The lowest BCUT2D eigenvalue weighted by molar-refractivity contribution is -0.146. The van der Waals surface area contributed by atoms with Crippen LogP contribution in [0.5, 0.6) is 0 Å². The van der Waals surface area contributed by atoms with Crippen molar-refractivity contribution in [1.29, 1.82) is 0 Å². The van der Waals surface area contributed by atoms with Crippen molar-refractivity contribution in [3.05, 3.63) is 36.8 Å². The van der Waals surface area contributed by atoms with E-state index in [2.05, 4.69) is 6.58 Å². The van der Waals surface area contributed by atoms with Gasteiger partial charge in [-0.25, -0.2) is 0 Å². The Morgan fingerprint density at radius 1 is 1.35 bits per heavy atom. The summed E-state index contributed by atoms with van der Waals surface area (Å²) in [6, 6.07) is 3.65.